The predicted octanol–water partition coefficient (Wildman–Crippen LogP) is 0.549. The Morgan fingerprint density at radius 2 is 2.00 bits per heavy atom. The van der Waals surface area contributed by atoms with Crippen LogP contribution >= 0.6 is 0 Å². The molecule has 1 aromatic carbocycles. The lowest BCUT2D eigenvalue weighted by Crippen LogP contribution is -2.43. The smallest absolute Gasteiger partial charge is 0.244 e. The zero-order valence-electron chi connectivity index (χ0n) is 14.9. The normalized spacial score (nSPS) is 22.0. The van der Waals surface area contributed by atoms with Gasteiger partial charge in [-0.1, -0.05) is 0 Å². The summed E-state index contributed by atoms with van der Waals surface area (Å²) in [7, 11) is -3.99. The number of carbonyl (C=O) groups is 1. The van der Waals surface area contributed by atoms with E-state index < -0.39 is 28.1 Å². The zero-order valence-corrected chi connectivity index (χ0v) is 15.7. The highest BCUT2D eigenvalue weighted by atomic mass is 32.2. The Labute approximate surface area is 162 Å². The molecule has 0 spiro atoms. The number of nitrogens with two attached hydrogens (primary N) is 1. The van der Waals surface area contributed by atoms with Crippen molar-refractivity contribution in [1.29, 1.82) is 0 Å². The molecule has 9 nitrogen and oxygen atoms in total. The van der Waals surface area contributed by atoms with Crippen molar-refractivity contribution < 1.29 is 27.4 Å². The summed E-state index contributed by atoms with van der Waals surface area (Å²) in [5.74, 6) is 0.605. The molecule has 1 amide bonds. The summed E-state index contributed by atoms with van der Waals surface area (Å²) in [5.41, 5.74) is 5.47. The topological polar surface area (TPSA) is 121 Å². The highest BCUT2D eigenvalue weighted by Crippen LogP contribution is 2.35. The number of pyridine rings is 1. The summed E-state index contributed by atoms with van der Waals surface area (Å²) >= 11 is 0. The Balaban J connectivity index is 1.60. The standard InChI is InChI=1S/C18H19N3O6S/c19-18(22)15-8-13(27-12-2-1-5-20-10-12)11-21(15)28(23,24)14-3-4-16-17(9-14)26-7-6-25-16/h1-5,9-10,13,15H,6-8,11H2,(H2,19,22)/t13-,15-/m0/s1. The first-order chi connectivity index (χ1) is 13.4. The van der Waals surface area contributed by atoms with Gasteiger partial charge in [0.15, 0.2) is 11.5 Å². The van der Waals surface area contributed by atoms with Crippen molar-refractivity contribution in [1.82, 2.24) is 9.29 Å². The van der Waals surface area contributed by atoms with Gasteiger partial charge in [-0.15, -0.1) is 0 Å². The van der Waals surface area contributed by atoms with E-state index in [2.05, 4.69) is 4.98 Å². The molecule has 1 fully saturated rings. The number of ether oxygens (including phenoxy) is 3. The van der Waals surface area contributed by atoms with Crippen LogP contribution in [0.4, 0.5) is 0 Å². The van der Waals surface area contributed by atoms with Gasteiger partial charge in [-0.25, -0.2) is 8.42 Å². The molecule has 1 saturated heterocycles. The third-order valence-corrected chi connectivity index (χ3v) is 6.47. The number of sulfonamides is 1. The van der Waals surface area contributed by atoms with Crippen LogP contribution in [0.5, 0.6) is 17.2 Å². The van der Waals surface area contributed by atoms with Crippen molar-refractivity contribution in [3.63, 3.8) is 0 Å². The lowest BCUT2D eigenvalue weighted by molar-refractivity contribution is -0.121. The molecule has 2 N–H and O–H groups in total. The summed E-state index contributed by atoms with van der Waals surface area (Å²) in [6, 6.07) is 6.79. The molecule has 2 aliphatic rings. The Kier molecular flexibility index (Phi) is 4.82. The fraction of sp³-hybridized carbons (Fsp3) is 0.333. The Morgan fingerprint density at radius 1 is 1.21 bits per heavy atom. The third-order valence-electron chi connectivity index (χ3n) is 4.60. The van der Waals surface area contributed by atoms with Crippen LogP contribution in [-0.2, 0) is 14.8 Å². The van der Waals surface area contributed by atoms with E-state index >= 15 is 0 Å². The van der Waals surface area contributed by atoms with Gasteiger partial charge in [-0.05, 0) is 24.3 Å². The molecule has 10 heteroatoms. The van der Waals surface area contributed by atoms with Gasteiger partial charge in [0.2, 0.25) is 15.9 Å². The second-order valence-corrected chi connectivity index (χ2v) is 8.35. The number of nitrogens with zero attached hydrogens (tertiary/aromatic N) is 2. The summed E-state index contributed by atoms with van der Waals surface area (Å²) in [5, 5.41) is 0. The Bertz CT molecular complexity index is 982. The minimum atomic E-state index is -3.99. The molecule has 1 aromatic heterocycles. The number of fused-ring (bicyclic) bond motifs is 1. The van der Waals surface area contributed by atoms with Crippen LogP contribution in [0, 0.1) is 0 Å². The van der Waals surface area contributed by atoms with Crippen molar-refractivity contribution in [2.45, 2.75) is 23.5 Å². The minimum absolute atomic E-state index is 0.000718. The van der Waals surface area contributed by atoms with Crippen molar-refractivity contribution in [2.75, 3.05) is 19.8 Å². The minimum Gasteiger partial charge on any atom is -0.487 e. The summed E-state index contributed by atoms with van der Waals surface area (Å²) in [4.78, 5) is 15.9. The van der Waals surface area contributed by atoms with Crippen LogP contribution in [0.15, 0.2) is 47.6 Å². The summed E-state index contributed by atoms with van der Waals surface area (Å²) in [6.45, 7) is 0.743. The highest BCUT2D eigenvalue weighted by molar-refractivity contribution is 7.89. The van der Waals surface area contributed by atoms with Crippen LogP contribution in [-0.4, -0.2) is 55.5 Å². The van der Waals surface area contributed by atoms with E-state index in [1.165, 1.54) is 18.3 Å². The molecule has 2 aromatic rings. The Hall–Kier alpha value is -2.85. The number of benzene rings is 1. The second kappa shape index (κ2) is 7.28. The fourth-order valence-corrected chi connectivity index (χ4v) is 4.96. The molecule has 0 saturated carbocycles. The van der Waals surface area contributed by atoms with Crippen LogP contribution < -0.4 is 19.9 Å². The molecular weight excluding hydrogens is 386 g/mol. The van der Waals surface area contributed by atoms with Gasteiger partial charge in [-0.3, -0.25) is 9.78 Å². The van der Waals surface area contributed by atoms with Gasteiger partial charge in [0.25, 0.3) is 0 Å². The van der Waals surface area contributed by atoms with E-state index in [0.717, 1.165) is 4.31 Å². The average molecular weight is 405 g/mol. The van der Waals surface area contributed by atoms with Crippen molar-refractivity contribution in [3.05, 3.63) is 42.7 Å². The van der Waals surface area contributed by atoms with E-state index in [1.807, 2.05) is 0 Å². The van der Waals surface area contributed by atoms with Crippen LogP contribution in [0.25, 0.3) is 0 Å². The maximum absolute atomic E-state index is 13.2. The fourth-order valence-electron chi connectivity index (χ4n) is 3.31. The number of aromatic nitrogens is 1. The molecule has 2 aliphatic heterocycles. The van der Waals surface area contributed by atoms with Gasteiger partial charge in [0.1, 0.15) is 31.1 Å². The summed E-state index contributed by atoms with van der Waals surface area (Å²) < 4.78 is 44.1. The van der Waals surface area contributed by atoms with Crippen LogP contribution in [0.2, 0.25) is 0 Å². The molecule has 0 radical (unpaired) electrons. The largest absolute Gasteiger partial charge is 0.487 e. The quantitative estimate of drug-likeness (QED) is 0.771. The van der Waals surface area contributed by atoms with E-state index in [9.17, 15) is 13.2 Å². The summed E-state index contributed by atoms with van der Waals surface area (Å²) in [6.07, 6.45) is 2.77. The first-order valence-electron chi connectivity index (χ1n) is 8.72. The van der Waals surface area contributed by atoms with Gasteiger partial charge < -0.3 is 19.9 Å². The SMILES string of the molecule is NC(=O)[C@@H]1C[C@H](Oc2cccnc2)CN1S(=O)(=O)c1ccc2c(c1)OCCO2. The monoisotopic (exact) mass is 405 g/mol. The lowest BCUT2D eigenvalue weighted by atomic mass is 10.2. The number of rotatable bonds is 5. The van der Waals surface area contributed by atoms with E-state index in [-0.39, 0.29) is 17.9 Å². The van der Waals surface area contributed by atoms with Crippen LogP contribution in [0.3, 0.4) is 0 Å². The number of carbonyl (C=O) groups excluding carboxylic acids is 1. The Morgan fingerprint density at radius 3 is 2.71 bits per heavy atom. The molecule has 4 rings (SSSR count). The van der Waals surface area contributed by atoms with Crippen molar-refractivity contribution in [2.24, 2.45) is 5.73 Å². The lowest BCUT2D eigenvalue weighted by Gasteiger charge is -2.23. The van der Waals surface area contributed by atoms with E-state index in [4.69, 9.17) is 19.9 Å². The molecule has 28 heavy (non-hydrogen) atoms. The van der Waals surface area contributed by atoms with Gasteiger partial charge in [0.05, 0.1) is 17.6 Å². The van der Waals surface area contributed by atoms with Crippen molar-refractivity contribution >= 4 is 15.9 Å². The predicted molar refractivity (Wildman–Crippen MR) is 97.6 cm³/mol. The first-order valence-corrected chi connectivity index (χ1v) is 10.2. The maximum Gasteiger partial charge on any atom is 0.244 e. The van der Waals surface area contributed by atoms with Crippen LogP contribution in [0.1, 0.15) is 6.42 Å². The number of hydrogen-bond acceptors (Lipinski definition) is 7. The molecule has 0 aliphatic carbocycles. The number of primary amides is 1. The molecule has 0 unspecified atom stereocenters. The molecule has 2 atom stereocenters. The average Bonchev–Trinajstić information content (AvgIpc) is 3.13. The van der Waals surface area contributed by atoms with E-state index in [1.54, 1.807) is 24.4 Å². The second-order valence-electron chi connectivity index (χ2n) is 6.46. The van der Waals surface area contributed by atoms with Gasteiger partial charge in [-0.2, -0.15) is 4.31 Å². The number of amides is 1. The number of hydrogen-bond donors (Lipinski definition) is 1. The van der Waals surface area contributed by atoms with Crippen molar-refractivity contribution in [3.8, 4) is 17.2 Å². The van der Waals surface area contributed by atoms with Gasteiger partial charge in [0, 0.05) is 18.7 Å². The molecule has 148 valence electrons. The molecule has 0 bridgehead atoms. The molecular formula is C18H19N3O6S. The highest BCUT2D eigenvalue weighted by Gasteiger charge is 2.44. The van der Waals surface area contributed by atoms with Gasteiger partial charge >= 0.3 is 0 Å². The van der Waals surface area contributed by atoms with E-state index in [0.29, 0.717) is 30.5 Å². The first kappa shape index (κ1) is 18.5. The maximum atomic E-state index is 13.2. The zero-order chi connectivity index (χ0) is 19.7. The molecule has 3 heterocycles. The third kappa shape index (κ3) is 3.48.